The summed E-state index contributed by atoms with van der Waals surface area (Å²) in [6.07, 6.45) is 0.951. The summed E-state index contributed by atoms with van der Waals surface area (Å²) in [7, 11) is 1.67. The molecule has 0 spiro atoms. The second-order valence-corrected chi connectivity index (χ2v) is 7.53. The Morgan fingerprint density at radius 3 is 2.26 bits per heavy atom. The van der Waals surface area contributed by atoms with Crippen molar-refractivity contribution < 1.29 is 13.5 Å². The number of nitrogens with zero attached hydrogens (tertiary/aromatic N) is 1. The number of fused-ring (bicyclic) bond motifs is 1. The van der Waals surface area contributed by atoms with E-state index >= 15 is 4.39 Å². The molecular formula is C27H21F2NO. The fraction of sp³-hybridized carbons (Fsp3) is 0.148. The van der Waals surface area contributed by atoms with Gasteiger partial charge in [0, 0.05) is 12.5 Å². The van der Waals surface area contributed by atoms with E-state index in [0.29, 0.717) is 30.4 Å². The van der Waals surface area contributed by atoms with E-state index < -0.39 is 5.82 Å². The molecule has 0 atom stereocenters. The SMILES string of the molecule is COCc1ccc(-c2ccc3c(F)c(CCc4ccc(C#N)c(F)c4)ccc3c2)cc1. The second-order valence-electron chi connectivity index (χ2n) is 7.53. The monoisotopic (exact) mass is 413 g/mol. The van der Waals surface area contributed by atoms with Crippen molar-refractivity contribution in [2.75, 3.05) is 7.11 Å². The first kappa shape index (κ1) is 20.7. The highest BCUT2D eigenvalue weighted by Crippen LogP contribution is 2.28. The number of benzene rings is 4. The number of aryl methyl sites for hydroxylation is 2. The van der Waals surface area contributed by atoms with Crippen molar-refractivity contribution in [3.63, 3.8) is 0 Å². The van der Waals surface area contributed by atoms with Crippen LogP contribution in [0.3, 0.4) is 0 Å². The Morgan fingerprint density at radius 1 is 0.806 bits per heavy atom. The predicted octanol–water partition coefficient (Wildman–Crippen LogP) is 6.59. The molecular weight excluding hydrogens is 392 g/mol. The molecule has 0 aliphatic carbocycles. The van der Waals surface area contributed by atoms with Gasteiger partial charge in [0.2, 0.25) is 0 Å². The maximum Gasteiger partial charge on any atom is 0.141 e. The third kappa shape index (κ3) is 4.47. The molecule has 4 heteroatoms. The largest absolute Gasteiger partial charge is 0.380 e. The summed E-state index contributed by atoms with van der Waals surface area (Å²) in [4.78, 5) is 0. The first-order valence-corrected chi connectivity index (χ1v) is 10.1. The Morgan fingerprint density at radius 2 is 1.55 bits per heavy atom. The lowest BCUT2D eigenvalue weighted by atomic mass is 9.96. The van der Waals surface area contributed by atoms with Gasteiger partial charge in [-0.15, -0.1) is 0 Å². The highest BCUT2D eigenvalue weighted by molar-refractivity contribution is 5.88. The lowest BCUT2D eigenvalue weighted by molar-refractivity contribution is 0.185. The molecule has 31 heavy (non-hydrogen) atoms. The molecule has 0 unspecified atom stereocenters. The van der Waals surface area contributed by atoms with E-state index in [1.807, 2.05) is 54.6 Å². The third-order valence-corrected chi connectivity index (χ3v) is 5.47. The topological polar surface area (TPSA) is 33.0 Å². The number of ether oxygens (including phenoxy) is 1. The molecule has 4 aromatic rings. The van der Waals surface area contributed by atoms with Crippen molar-refractivity contribution in [2.24, 2.45) is 0 Å². The van der Waals surface area contributed by atoms with Gasteiger partial charge >= 0.3 is 0 Å². The van der Waals surface area contributed by atoms with E-state index in [0.717, 1.165) is 27.6 Å². The van der Waals surface area contributed by atoms with Gasteiger partial charge in [-0.2, -0.15) is 5.26 Å². The zero-order valence-corrected chi connectivity index (χ0v) is 17.2. The number of methoxy groups -OCH3 is 1. The number of hydrogen-bond acceptors (Lipinski definition) is 2. The van der Waals surface area contributed by atoms with Gasteiger partial charge in [0.05, 0.1) is 12.2 Å². The average Bonchev–Trinajstić information content (AvgIpc) is 2.79. The standard InChI is InChI=1S/C27H21F2NO/c1-31-17-19-4-6-20(7-5-19)22-12-13-25-23(15-22)11-10-21(27(25)29)8-2-18-3-9-24(16-30)26(28)14-18/h3-7,9-15H,2,8,17H2,1H3. The van der Waals surface area contributed by atoms with Crippen molar-refractivity contribution in [3.05, 3.63) is 107 Å². The molecule has 0 aliphatic rings. The van der Waals surface area contributed by atoms with E-state index in [1.165, 1.54) is 12.1 Å². The van der Waals surface area contributed by atoms with Crippen LogP contribution in [0.25, 0.3) is 21.9 Å². The highest BCUT2D eigenvalue weighted by Gasteiger charge is 2.10. The second kappa shape index (κ2) is 9.07. The molecule has 0 heterocycles. The Balaban J connectivity index is 1.56. The lowest BCUT2D eigenvalue weighted by Gasteiger charge is -2.10. The minimum Gasteiger partial charge on any atom is -0.380 e. The Labute approximate surface area is 180 Å². The van der Waals surface area contributed by atoms with Crippen molar-refractivity contribution in [2.45, 2.75) is 19.4 Å². The average molecular weight is 413 g/mol. The minimum atomic E-state index is -0.540. The molecule has 2 nitrogen and oxygen atoms in total. The van der Waals surface area contributed by atoms with Crippen LogP contribution >= 0.6 is 0 Å². The van der Waals surface area contributed by atoms with Crippen molar-refractivity contribution >= 4 is 10.8 Å². The molecule has 0 radical (unpaired) electrons. The van der Waals surface area contributed by atoms with Crippen molar-refractivity contribution in [3.8, 4) is 17.2 Å². The van der Waals surface area contributed by atoms with Gasteiger partial charge in [-0.05, 0) is 64.2 Å². The summed E-state index contributed by atoms with van der Waals surface area (Å²) in [5, 5.41) is 10.2. The summed E-state index contributed by atoms with van der Waals surface area (Å²) in [5.74, 6) is -0.782. The Bertz CT molecular complexity index is 1270. The van der Waals surface area contributed by atoms with Crippen molar-refractivity contribution in [1.29, 1.82) is 5.26 Å². The predicted molar refractivity (Wildman–Crippen MR) is 119 cm³/mol. The van der Waals surface area contributed by atoms with Crippen LogP contribution < -0.4 is 0 Å². The smallest absolute Gasteiger partial charge is 0.141 e. The first-order valence-electron chi connectivity index (χ1n) is 10.1. The first-order chi connectivity index (χ1) is 15.1. The van der Waals surface area contributed by atoms with Crippen LogP contribution in [0.1, 0.15) is 22.3 Å². The number of rotatable bonds is 6. The van der Waals surface area contributed by atoms with Gasteiger partial charge in [-0.25, -0.2) is 8.78 Å². The zero-order valence-electron chi connectivity index (χ0n) is 17.2. The Kier molecular flexibility index (Phi) is 6.06. The summed E-state index contributed by atoms with van der Waals surface area (Å²) in [6, 6.07) is 23.9. The molecule has 4 rings (SSSR count). The van der Waals surface area contributed by atoms with E-state index in [4.69, 9.17) is 10.00 Å². The fourth-order valence-electron chi connectivity index (χ4n) is 3.75. The van der Waals surface area contributed by atoms with Crippen molar-refractivity contribution in [1.82, 2.24) is 0 Å². The van der Waals surface area contributed by atoms with Crippen LogP contribution in [0.15, 0.2) is 72.8 Å². The summed E-state index contributed by atoms with van der Waals surface area (Å²) in [6.45, 7) is 0.571. The van der Waals surface area contributed by atoms with Crippen LogP contribution in [0.5, 0.6) is 0 Å². The molecule has 154 valence electrons. The molecule has 0 aromatic heterocycles. The summed E-state index contributed by atoms with van der Waals surface area (Å²) >= 11 is 0. The molecule has 4 aromatic carbocycles. The van der Waals surface area contributed by atoms with Gasteiger partial charge in [0.15, 0.2) is 0 Å². The van der Waals surface area contributed by atoms with Gasteiger partial charge in [0.1, 0.15) is 17.7 Å². The van der Waals surface area contributed by atoms with Gasteiger partial charge in [-0.1, -0.05) is 54.6 Å². The summed E-state index contributed by atoms with van der Waals surface area (Å²) < 4.78 is 34.1. The van der Waals surface area contributed by atoms with Crippen LogP contribution in [0.2, 0.25) is 0 Å². The van der Waals surface area contributed by atoms with Crippen LogP contribution in [-0.4, -0.2) is 7.11 Å². The molecule has 0 saturated carbocycles. The van der Waals surface area contributed by atoms with Crippen LogP contribution in [0, 0.1) is 23.0 Å². The molecule has 0 N–H and O–H groups in total. The van der Waals surface area contributed by atoms with E-state index in [1.54, 1.807) is 19.2 Å². The third-order valence-electron chi connectivity index (χ3n) is 5.47. The molecule has 0 aliphatic heterocycles. The van der Waals surface area contributed by atoms with E-state index in [9.17, 15) is 4.39 Å². The molecule has 0 saturated heterocycles. The molecule has 0 fully saturated rings. The Hall–Kier alpha value is -3.55. The lowest BCUT2D eigenvalue weighted by Crippen LogP contribution is -1.97. The molecule has 0 amide bonds. The maximum absolute atomic E-state index is 15.1. The summed E-state index contributed by atoms with van der Waals surface area (Å²) in [5.41, 5.74) is 4.54. The number of nitriles is 1. The van der Waals surface area contributed by atoms with Gasteiger partial charge in [-0.3, -0.25) is 0 Å². The maximum atomic E-state index is 15.1. The number of halogens is 2. The normalized spacial score (nSPS) is 10.9. The fourth-order valence-corrected chi connectivity index (χ4v) is 3.75. The number of hydrogen-bond donors (Lipinski definition) is 0. The van der Waals surface area contributed by atoms with Gasteiger partial charge < -0.3 is 4.74 Å². The van der Waals surface area contributed by atoms with Crippen LogP contribution in [0.4, 0.5) is 8.78 Å². The van der Waals surface area contributed by atoms with Gasteiger partial charge in [0.25, 0.3) is 0 Å². The van der Waals surface area contributed by atoms with E-state index in [2.05, 4.69) is 0 Å². The highest BCUT2D eigenvalue weighted by atomic mass is 19.1. The molecule has 0 bridgehead atoms. The zero-order chi connectivity index (χ0) is 21.8. The van der Waals surface area contributed by atoms with E-state index in [-0.39, 0.29) is 11.4 Å². The minimum absolute atomic E-state index is 0.0183. The van der Waals surface area contributed by atoms with Crippen LogP contribution in [-0.2, 0) is 24.2 Å². The quantitative estimate of drug-likeness (QED) is 0.357.